The number of esters is 1. The molecule has 3 aliphatic heterocycles. The highest BCUT2D eigenvalue weighted by atomic mass is 16.7. The number of ketones is 1. The van der Waals surface area contributed by atoms with Gasteiger partial charge in [-0.25, -0.2) is 0 Å². The van der Waals surface area contributed by atoms with Crippen LogP contribution in [0, 0.1) is 23.7 Å². The number of likely N-dealkylation sites (N-methyl/N-ethyl adjacent to an activating group) is 1. The first-order chi connectivity index (χ1) is 24.0. The third kappa shape index (κ3) is 9.38. The summed E-state index contributed by atoms with van der Waals surface area (Å²) < 4.78 is 43.9. The third-order valence-electron chi connectivity index (χ3n) is 12.3. The average Bonchev–Trinajstić information content (AvgIpc) is 3.09. The first kappa shape index (κ1) is 45.1. The van der Waals surface area contributed by atoms with Crippen LogP contribution in [0.2, 0.25) is 0 Å². The molecule has 304 valence electrons. The zero-order valence-electron chi connectivity index (χ0n) is 33.9. The van der Waals surface area contributed by atoms with E-state index in [9.17, 15) is 30.0 Å². The molecule has 0 amide bonds. The van der Waals surface area contributed by atoms with Crippen molar-refractivity contribution in [1.29, 1.82) is 0 Å². The standard InChI is InChI=1S/C38H69NO13/c1-15-26-38(10,45)31(42)21(4)28(40)19(2)17-37(9,47-14)33(52-35-29(41)25(39(11)12)16-20(3)48-35)22(5)30(23(6)34(44)50-26)51-27-18-36(8,46-13)32(43)24(7)49-27/h19-27,29-33,35,41-43,45H,15-18H2,1-14H3/t19?,20-,21?,22+,23-,24+,25?,26-,27?,29?,30?,31?,32?,33?,35?,36?,37?,38?/m1/s1. The minimum absolute atomic E-state index is 0.111. The van der Waals surface area contributed by atoms with Crippen LogP contribution >= 0.6 is 0 Å². The molecule has 0 bridgehead atoms. The van der Waals surface area contributed by atoms with Crippen LogP contribution in [0.15, 0.2) is 0 Å². The predicted octanol–water partition coefficient (Wildman–Crippen LogP) is 2.44. The van der Waals surface area contributed by atoms with Gasteiger partial charge in [0.25, 0.3) is 0 Å². The lowest BCUT2D eigenvalue weighted by Gasteiger charge is -2.50. The molecule has 3 fully saturated rings. The molecule has 0 aromatic carbocycles. The van der Waals surface area contributed by atoms with Gasteiger partial charge in [0.1, 0.15) is 29.7 Å². The van der Waals surface area contributed by atoms with Crippen molar-refractivity contribution in [3.63, 3.8) is 0 Å². The predicted molar refractivity (Wildman–Crippen MR) is 191 cm³/mol. The maximum absolute atomic E-state index is 14.2. The van der Waals surface area contributed by atoms with Crippen molar-refractivity contribution in [3.05, 3.63) is 0 Å². The van der Waals surface area contributed by atoms with Crippen molar-refractivity contribution in [2.24, 2.45) is 23.7 Å². The van der Waals surface area contributed by atoms with E-state index in [4.69, 9.17) is 33.2 Å². The number of carbonyl (C=O) groups excluding carboxylic acids is 2. The number of cyclic esters (lactones) is 1. The number of rotatable bonds is 8. The maximum Gasteiger partial charge on any atom is 0.311 e. The van der Waals surface area contributed by atoms with Crippen LogP contribution in [-0.2, 0) is 42.7 Å². The number of hydrogen-bond acceptors (Lipinski definition) is 14. The summed E-state index contributed by atoms with van der Waals surface area (Å²) in [7, 11) is 6.77. The highest BCUT2D eigenvalue weighted by Crippen LogP contribution is 2.41. The van der Waals surface area contributed by atoms with Crippen molar-refractivity contribution in [2.45, 2.75) is 179 Å². The van der Waals surface area contributed by atoms with Crippen LogP contribution in [0.4, 0.5) is 0 Å². The molecular formula is C38H69NO13. The highest BCUT2D eigenvalue weighted by Gasteiger charge is 2.54. The van der Waals surface area contributed by atoms with E-state index in [0.29, 0.717) is 6.42 Å². The third-order valence-corrected chi connectivity index (χ3v) is 12.3. The fourth-order valence-electron chi connectivity index (χ4n) is 8.58. The lowest BCUT2D eigenvalue weighted by atomic mass is 9.74. The Morgan fingerprint density at radius 1 is 0.846 bits per heavy atom. The second-order valence-corrected chi connectivity index (χ2v) is 16.6. The summed E-state index contributed by atoms with van der Waals surface area (Å²) >= 11 is 0. The second kappa shape index (κ2) is 17.7. The van der Waals surface area contributed by atoms with Gasteiger partial charge in [-0.3, -0.25) is 9.59 Å². The Morgan fingerprint density at radius 3 is 1.98 bits per heavy atom. The molecule has 3 rings (SSSR count). The van der Waals surface area contributed by atoms with Crippen LogP contribution in [0.3, 0.4) is 0 Å². The number of aliphatic hydroxyl groups excluding tert-OH is 3. The van der Waals surface area contributed by atoms with Gasteiger partial charge in [0.2, 0.25) is 0 Å². The fraction of sp³-hybridized carbons (Fsp3) is 0.947. The summed E-state index contributed by atoms with van der Waals surface area (Å²) in [6.07, 6.45) is -8.73. The van der Waals surface area contributed by atoms with E-state index in [1.165, 1.54) is 21.1 Å². The Kier molecular flexibility index (Phi) is 15.3. The van der Waals surface area contributed by atoms with E-state index >= 15 is 0 Å². The highest BCUT2D eigenvalue weighted by molar-refractivity contribution is 5.83. The van der Waals surface area contributed by atoms with Gasteiger partial charge in [0.15, 0.2) is 12.6 Å². The van der Waals surface area contributed by atoms with E-state index in [-0.39, 0.29) is 37.2 Å². The van der Waals surface area contributed by atoms with E-state index in [2.05, 4.69) is 0 Å². The summed E-state index contributed by atoms with van der Waals surface area (Å²) in [6.45, 7) is 17.1. The quantitative estimate of drug-likeness (QED) is 0.266. The number of carbonyl (C=O) groups is 2. The lowest BCUT2D eigenvalue weighted by molar-refractivity contribution is -0.319. The number of hydrogen-bond donors (Lipinski definition) is 4. The van der Waals surface area contributed by atoms with Crippen LogP contribution in [0.5, 0.6) is 0 Å². The zero-order chi connectivity index (χ0) is 39.7. The van der Waals surface area contributed by atoms with Gasteiger partial charge in [-0.15, -0.1) is 0 Å². The van der Waals surface area contributed by atoms with Gasteiger partial charge >= 0.3 is 5.97 Å². The van der Waals surface area contributed by atoms with Gasteiger partial charge in [0.05, 0.1) is 47.6 Å². The summed E-state index contributed by atoms with van der Waals surface area (Å²) in [6, 6.07) is -0.283. The number of methoxy groups -OCH3 is 2. The summed E-state index contributed by atoms with van der Waals surface area (Å²) in [5.74, 6) is -4.47. The Labute approximate surface area is 310 Å². The molecule has 3 heterocycles. The van der Waals surface area contributed by atoms with Crippen molar-refractivity contribution in [1.82, 2.24) is 4.90 Å². The number of Topliss-reactive ketones (excluding diaryl/α,β-unsaturated/α-hetero) is 1. The molecule has 13 unspecified atom stereocenters. The zero-order valence-corrected chi connectivity index (χ0v) is 33.9. The molecule has 18 atom stereocenters. The number of ether oxygens (including phenoxy) is 7. The van der Waals surface area contributed by atoms with Crippen LogP contribution in [0.1, 0.15) is 94.9 Å². The molecule has 0 aromatic heterocycles. The first-order valence-electron chi connectivity index (χ1n) is 18.9. The average molecular weight is 748 g/mol. The molecule has 0 spiro atoms. The van der Waals surface area contributed by atoms with Gasteiger partial charge in [-0.05, 0) is 74.9 Å². The van der Waals surface area contributed by atoms with Crippen molar-refractivity contribution in [2.75, 3.05) is 28.3 Å². The molecule has 14 heteroatoms. The Morgan fingerprint density at radius 2 is 1.44 bits per heavy atom. The second-order valence-electron chi connectivity index (χ2n) is 16.6. The Balaban J connectivity index is 2.22. The molecule has 0 aromatic rings. The largest absolute Gasteiger partial charge is 0.459 e. The molecule has 14 nitrogen and oxygen atoms in total. The van der Waals surface area contributed by atoms with Gasteiger partial charge in [-0.2, -0.15) is 0 Å². The minimum atomic E-state index is -1.96. The fourth-order valence-corrected chi connectivity index (χ4v) is 8.58. The smallest absolute Gasteiger partial charge is 0.311 e. The molecule has 0 radical (unpaired) electrons. The van der Waals surface area contributed by atoms with Crippen molar-refractivity contribution in [3.8, 4) is 0 Å². The monoisotopic (exact) mass is 747 g/mol. The number of aliphatic hydroxyl groups is 4. The van der Waals surface area contributed by atoms with Crippen LogP contribution in [-0.4, -0.2) is 150 Å². The topological polar surface area (TPSA) is 183 Å². The maximum atomic E-state index is 14.2. The summed E-state index contributed by atoms with van der Waals surface area (Å²) in [5.41, 5.74) is -4.24. The van der Waals surface area contributed by atoms with Crippen LogP contribution in [0.25, 0.3) is 0 Å². The minimum Gasteiger partial charge on any atom is -0.459 e. The van der Waals surface area contributed by atoms with E-state index in [0.717, 1.165) is 0 Å². The van der Waals surface area contributed by atoms with Gasteiger partial charge < -0.3 is 58.5 Å². The first-order valence-corrected chi connectivity index (χ1v) is 18.9. The van der Waals surface area contributed by atoms with Crippen LogP contribution < -0.4 is 0 Å². The van der Waals surface area contributed by atoms with Crippen molar-refractivity contribution >= 4 is 11.8 Å². The molecule has 0 saturated carbocycles. The summed E-state index contributed by atoms with van der Waals surface area (Å²) in [5, 5.41) is 45.6. The van der Waals surface area contributed by atoms with E-state index < -0.39 is 102 Å². The molecule has 0 aliphatic carbocycles. The van der Waals surface area contributed by atoms with E-state index in [1.807, 2.05) is 32.8 Å². The normalized spacial score (nSPS) is 49.0. The SMILES string of the molecule is CC[C@H]1OC(=O)[C@H](C)C(OC2CC(C)(OC)C(O)[C@H](C)O2)[C@H](C)C(OC2O[C@H](C)CC(N(C)C)C2O)C(C)(OC)CC(C)C(=O)C(C)C(O)C1(C)O. The Bertz CT molecular complexity index is 1190. The molecule has 52 heavy (non-hydrogen) atoms. The Hall–Kier alpha value is -1.30. The van der Waals surface area contributed by atoms with Gasteiger partial charge in [-0.1, -0.05) is 27.7 Å². The number of nitrogens with zero attached hydrogens (tertiary/aromatic N) is 1. The van der Waals surface area contributed by atoms with E-state index in [1.54, 1.807) is 48.5 Å². The van der Waals surface area contributed by atoms with Gasteiger partial charge in [0, 0.05) is 44.4 Å². The molecule has 3 aliphatic rings. The van der Waals surface area contributed by atoms with Crippen molar-refractivity contribution < 1.29 is 63.2 Å². The molecular weight excluding hydrogens is 678 g/mol. The molecule has 3 saturated heterocycles. The molecule has 4 N–H and O–H groups in total. The summed E-state index contributed by atoms with van der Waals surface area (Å²) in [4.78, 5) is 30.1. The lowest BCUT2D eigenvalue weighted by Crippen LogP contribution is -2.61.